The van der Waals surface area contributed by atoms with Crippen LogP contribution in [0.15, 0.2) is 11.6 Å². The van der Waals surface area contributed by atoms with Crippen LogP contribution in [-0.4, -0.2) is 35.4 Å². The molecule has 4 rings (SSSR count). The predicted molar refractivity (Wildman–Crippen MR) is 108 cm³/mol. The molecule has 0 bridgehead atoms. The van der Waals surface area contributed by atoms with Crippen molar-refractivity contribution in [2.24, 2.45) is 34.0 Å². The van der Waals surface area contributed by atoms with Crippen molar-refractivity contribution in [3.63, 3.8) is 0 Å². The molecular weight excluding hydrogens is 376 g/mol. The molecule has 28 heavy (non-hydrogen) atoms. The Labute approximate surface area is 173 Å². The number of ether oxygens (including phenoxy) is 1. The number of carbonyl (C=O) groups is 2. The van der Waals surface area contributed by atoms with E-state index >= 15 is 0 Å². The maximum atomic E-state index is 13.0. The summed E-state index contributed by atoms with van der Waals surface area (Å²) >= 11 is 6.45. The van der Waals surface area contributed by atoms with Gasteiger partial charge in [0.15, 0.2) is 5.78 Å². The fraction of sp³-hybridized carbons (Fsp3) is 0.826. The molecule has 0 amide bonds. The standard InChI is InChI=1S/C23H33ClO4/c1-4-28-20(27)23(13-24)10-8-17-16-6-5-14-11-15(25)7-9-21(14,2)19(16)18(26)12-22(17,23)3/h11,16-19,26H,4-10,12-13H2,1-3H3/t16-,17-,18?,19-,21-,22-,23?/m0/s1. The lowest BCUT2D eigenvalue weighted by Crippen LogP contribution is -2.60. The maximum Gasteiger partial charge on any atom is 0.313 e. The first-order valence-corrected chi connectivity index (χ1v) is 11.4. The predicted octanol–water partition coefficient (Wildman–Crippen LogP) is 4.28. The molecule has 0 aliphatic heterocycles. The monoisotopic (exact) mass is 408 g/mol. The topological polar surface area (TPSA) is 63.6 Å². The van der Waals surface area contributed by atoms with Gasteiger partial charge in [0.1, 0.15) is 0 Å². The van der Waals surface area contributed by atoms with Crippen molar-refractivity contribution in [1.29, 1.82) is 0 Å². The van der Waals surface area contributed by atoms with Gasteiger partial charge in [0.2, 0.25) is 0 Å². The Balaban J connectivity index is 1.73. The number of aliphatic hydroxyl groups is 1. The highest BCUT2D eigenvalue weighted by Gasteiger charge is 2.69. The Morgan fingerprint density at radius 2 is 2.04 bits per heavy atom. The number of alkyl halides is 1. The lowest BCUT2D eigenvalue weighted by Gasteiger charge is -2.61. The van der Waals surface area contributed by atoms with Gasteiger partial charge in [0.05, 0.1) is 18.1 Å². The van der Waals surface area contributed by atoms with Crippen molar-refractivity contribution < 1.29 is 19.4 Å². The number of ketones is 1. The van der Waals surface area contributed by atoms with E-state index in [4.69, 9.17) is 16.3 Å². The summed E-state index contributed by atoms with van der Waals surface area (Å²) < 4.78 is 5.47. The average Bonchev–Trinajstić information content (AvgIpc) is 2.95. The molecule has 0 radical (unpaired) electrons. The number of halogens is 1. The number of allylic oxidation sites excluding steroid dienone is 1. The largest absolute Gasteiger partial charge is 0.466 e. The van der Waals surface area contributed by atoms with Crippen LogP contribution >= 0.6 is 11.6 Å². The number of rotatable bonds is 3. The van der Waals surface area contributed by atoms with Gasteiger partial charge < -0.3 is 9.84 Å². The minimum atomic E-state index is -0.708. The summed E-state index contributed by atoms with van der Waals surface area (Å²) in [5, 5.41) is 11.4. The van der Waals surface area contributed by atoms with Crippen LogP contribution in [0.1, 0.15) is 65.7 Å². The fourth-order valence-corrected chi connectivity index (χ4v) is 8.23. The summed E-state index contributed by atoms with van der Waals surface area (Å²) in [6, 6.07) is 0. The average molecular weight is 409 g/mol. The molecule has 0 spiro atoms. The number of carbonyl (C=O) groups excluding carboxylic acids is 2. The summed E-state index contributed by atoms with van der Waals surface area (Å²) in [5.74, 6) is 1.17. The van der Waals surface area contributed by atoms with E-state index in [-0.39, 0.29) is 34.4 Å². The number of esters is 1. The molecule has 0 heterocycles. The van der Waals surface area contributed by atoms with Crippen molar-refractivity contribution >= 4 is 23.4 Å². The van der Waals surface area contributed by atoms with Crippen molar-refractivity contribution in [2.75, 3.05) is 12.5 Å². The Hall–Kier alpha value is -0.870. The second-order valence-corrected chi connectivity index (χ2v) is 10.3. The maximum absolute atomic E-state index is 13.0. The van der Waals surface area contributed by atoms with Crippen LogP contribution in [0, 0.1) is 34.0 Å². The summed E-state index contributed by atoms with van der Waals surface area (Å²) in [7, 11) is 0. The molecule has 4 aliphatic carbocycles. The van der Waals surface area contributed by atoms with Crippen molar-refractivity contribution in [1.82, 2.24) is 0 Å². The lowest BCUT2D eigenvalue weighted by molar-refractivity contribution is -0.177. The minimum absolute atomic E-state index is 0.103. The van der Waals surface area contributed by atoms with E-state index < -0.39 is 11.5 Å². The SMILES string of the molecule is CCOC(=O)C1(CCl)CC[C@H]2[C@@H]3CCC4=CC(=O)CC[C@]4(C)[C@@H]3C(O)C[C@@]21C. The third kappa shape index (κ3) is 2.52. The molecular formula is C23H33ClO4. The molecule has 2 unspecified atom stereocenters. The minimum Gasteiger partial charge on any atom is -0.466 e. The first-order chi connectivity index (χ1) is 13.2. The highest BCUT2D eigenvalue weighted by Crippen LogP contribution is 2.70. The quantitative estimate of drug-likeness (QED) is 0.559. The third-order valence-corrected chi connectivity index (χ3v) is 9.61. The van der Waals surface area contributed by atoms with E-state index in [1.165, 1.54) is 5.57 Å². The lowest BCUT2D eigenvalue weighted by atomic mass is 9.44. The Bertz CT molecular complexity index is 717. The molecule has 0 saturated heterocycles. The fourth-order valence-electron chi connectivity index (χ4n) is 7.68. The van der Waals surface area contributed by atoms with E-state index in [1.807, 2.05) is 13.0 Å². The normalized spacial score (nSPS) is 47.6. The van der Waals surface area contributed by atoms with Gasteiger partial charge in [0.25, 0.3) is 0 Å². The van der Waals surface area contributed by atoms with E-state index in [9.17, 15) is 14.7 Å². The van der Waals surface area contributed by atoms with Crippen molar-refractivity contribution in [3.8, 4) is 0 Å². The Kier molecular flexibility index (Phi) is 4.98. The molecule has 4 nitrogen and oxygen atoms in total. The van der Waals surface area contributed by atoms with E-state index in [0.717, 1.165) is 32.1 Å². The number of hydrogen-bond donors (Lipinski definition) is 1. The molecule has 3 fully saturated rings. The number of aliphatic hydroxyl groups excluding tert-OH is 1. The molecule has 5 heteroatoms. The smallest absolute Gasteiger partial charge is 0.313 e. The van der Waals surface area contributed by atoms with Crippen molar-refractivity contribution in [2.45, 2.75) is 71.8 Å². The van der Waals surface area contributed by atoms with Gasteiger partial charge in [0, 0.05) is 12.3 Å². The number of hydrogen-bond acceptors (Lipinski definition) is 4. The summed E-state index contributed by atoms with van der Waals surface area (Å²) in [4.78, 5) is 25.0. The van der Waals surface area contributed by atoms with Gasteiger partial charge in [-0.15, -0.1) is 11.6 Å². The van der Waals surface area contributed by atoms with Gasteiger partial charge in [-0.25, -0.2) is 0 Å². The molecule has 0 aromatic rings. The van der Waals surface area contributed by atoms with Crippen LogP contribution in [0.25, 0.3) is 0 Å². The van der Waals surface area contributed by atoms with Gasteiger partial charge in [-0.3, -0.25) is 9.59 Å². The summed E-state index contributed by atoms with van der Waals surface area (Å²) in [6.07, 6.45) is 6.98. The highest BCUT2D eigenvalue weighted by atomic mass is 35.5. The zero-order valence-electron chi connectivity index (χ0n) is 17.3. The van der Waals surface area contributed by atoms with Gasteiger partial charge in [-0.2, -0.15) is 0 Å². The number of fused-ring (bicyclic) bond motifs is 5. The molecule has 4 aliphatic rings. The second-order valence-electron chi connectivity index (χ2n) is 10.1. The summed E-state index contributed by atoms with van der Waals surface area (Å²) in [6.45, 7) is 6.61. The first-order valence-electron chi connectivity index (χ1n) is 10.9. The molecule has 0 aromatic carbocycles. The van der Waals surface area contributed by atoms with Gasteiger partial charge in [-0.1, -0.05) is 19.4 Å². The van der Waals surface area contributed by atoms with E-state index in [1.54, 1.807) is 0 Å². The van der Waals surface area contributed by atoms with Crippen LogP contribution in [0.2, 0.25) is 0 Å². The Morgan fingerprint density at radius 1 is 1.29 bits per heavy atom. The van der Waals surface area contributed by atoms with Gasteiger partial charge >= 0.3 is 5.97 Å². The second kappa shape index (κ2) is 6.84. The van der Waals surface area contributed by atoms with E-state index in [2.05, 4.69) is 13.8 Å². The molecule has 0 aromatic heterocycles. The molecule has 1 N–H and O–H groups in total. The van der Waals surface area contributed by atoms with Crippen LogP contribution in [-0.2, 0) is 14.3 Å². The highest BCUT2D eigenvalue weighted by molar-refractivity contribution is 6.20. The van der Waals surface area contributed by atoms with Crippen molar-refractivity contribution in [3.05, 3.63) is 11.6 Å². The zero-order chi connectivity index (χ0) is 20.3. The summed E-state index contributed by atoms with van der Waals surface area (Å²) in [5.41, 5.74) is 0.0811. The first kappa shape index (κ1) is 20.4. The van der Waals surface area contributed by atoms with Crippen LogP contribution in [0.5, 0.6) is 0 Å². The van der Waals surface area contributed by atoms with Crippen LogP contribution in [0.4, 0.5) is 0 Å². The van der Waals surface area contributed by atoms with E-state index in [0.29, 0.717) is 31.3 Å². The molecule has 156 valence electrons. The van der Waals surface area contributed by atoms with Crippen LogP contribution in [0.3, 0.4) is 0 Å². The third-order valence-electron chi connectivity index (χ3n) is 9.16. The van der Waals surface area contributed by atoms with Gasteiger partial charge in [-0.05, 0) is 80.1 Å². The zero-order valence-corrected chi connectivity index (χ0v) is 18.1. The molecule has 3 saturated carbocycles. The van der Waals surface area contributed by atoms with Crippen LogP contribution < -0.4 is 0 Å². The molecule has 7 atom stereocenters. The Morgan fingerprint density at radius 3 is 2.71 bits per heavy atom.